The minimum absolute atomic E-state index is 0.0644. The summed E-state index contributed by atoms with van der Waals surface area (Å²) in [6, 6.07) is 6.81. The van der Waals surface area contributed by atoms with E-state index in [0.29, 0.717) is 10.8 Å². The second-order valence-corrected chi connectivity index (χ2v) is 3.81. The Bertz CT molecular complexity index is 377. The summed E-state index contributed by atoms with van der Waals surface area (Å²) in [7, 11) is 0. The molecule has 4 nitrogen and oxygen atoms in total. The minimum atomic E-state index is -0.285. The molecular formula is C12H15ClN2O2. The lowest BCUT2D eigenvalue weighted by atomic mass is 10.3. The standard InChI is InChI=1S/C12H15ClN2O2/c1-2-3-8-14-15-12(16)9-17-11-6-4-10(13)5-7-11/h4-8H,2-3,9H2,1H3,(H,15,16)/b14-8+. The van der Waals surface area contributed by atoms with Crippen molar-refractivity contribution < 1.29 is 9.53 Å². The minimum Gasteiger partial charge on any atom is -0.484 e. The number of hydrogen-bond donors (Lipinski definition) is 1. The van der Waals surface area contributed by atoms with Crippen molar-refractivity contribution in [2.24, 2.45) is 5.10 Å². The van der Waals surface area contributed by atoms with Gasteiger partial charge in [0.15, 0.2) is 6.61 Å². The van der Waals surface area contributed by atoms with Gasteiger partial charge in [-0.15, -0.1) is 0 Å². The van der Waals surface area contributed by atoms with Crippen LogP contribution in [0.3, 0.4) is 0 Å². The SMILES string of the molecule is CCC/C=N/NC(=O)COc1ccc(Cl)cc1. The Labute approximate surface area is 106 Å². The molecule has 1 aromatic carbocycles. The lowest BCUT2D eigenvalue weighted by molar-refractivity contribution is -0.123. The fourth-order valence-corrected chi connectivity index (χ4v) is 1.15. The second kappa shape index (κ2) is 7.68. The Morgan fingerprint density at radius 2 is 2.18 bits per heavy atom. The molecule has 1 N–H and O–H groups in total. The van der Waals surface area contributed by atoms with Crippen LogP contribution in [0.4, 0.5) is 0 Å². The lowest BCUT2D eigenvalue weighted by Crippen LogP contribution is -2.24. The van der Waals surface area contributed by atoms with Gasteiger partial charge in [-0.25, -0.2) is 5.43 Å². The van der Waals surface area contributed by atoms with Crippen molar-refractivity contribution in [3.8, 4) is 5.75 Å². The van der Waals surface area contributed by atoms with Crippen molar-refractivity contribution in [1.82, 2.24) is 5.43 Å². The van der Waals surface area contributed by atoms with Crippen LogP contribution in [0.5, 0.6) is 5.75 Å². The number of ether oxygens (including phenoxy) is 1. The maximum absolute atomic E-state index is 11.3. The van der Waals surface area contributed by atoms with Crippen LogP contribution >= 0.6 is 11.6 Å². The summed E-state index contributed by atoms with van der Waals surface area (Å²) in [6.45, 7) is 1.97. The Hall–Kier alpha value is -1.55. The highest BCUT2D eigenvalue weighted by Gasteiger charge is 2.00. The summed E-state index contributed by atoms with van der Waals surface area (Å²) in [5, 5.41) is 4.39. The first-order valence-corrected chi connectivity index (χ1v) is 5.79. The van der Waals surface area contributed by atoms with E-state index in [1.165, 1.54) is 0 Å². The monoisotopic (exact) mass is 254 g/mol. The molecule has 0 heterocycles. The molecule has 1 amide bonds. The molecule has 0 aliphatic rings. The molecule has 0 spiro atoms. The van der Waals surface area contributed by atoms with E-state index >= 15 is 0 Å². The highest BCUT2D eigenvalue weighted by atomic mass is 35.5. The van der Waals surface area contributed by atoms with Gasteiger partial charge in [-0.2, -0.15) is 5.10 Å². The van der Waals surface area contributed by atoms with Crippen LogP contribution in [0.15, 0.2) is 29.4 Å². The van der Waals surface area contributed by atoms with Gasteiger partial charge in [-0.1, -0.05) is 24.9 Å². The van der Waals surface area contributed by atoms with Crippen molar-refractivity contribution in [1.29, 1.82) is 0 Å². The van der Waals surface area contributed by atoms with Gasteiger partial charge in [0, 0.05) is 11.2 Å². The fourth-order valence-electron chi connectivity index (χ4n) is 1.02. The predicted octanol–water partition coefficient (Wildman–Crippen LogP) is 2.62. The zero-order valence-corrected chi connectivity index (χ0v) is 10.4. The first-order valence-electron chi connectivity index (χ1n) is 5.41. The molecule has 0 aliphatic carbocycles. The molecule has 0 aliphatic heterocycles. The van der Waals surface area contributed by atoms with E-state index in [1.807, 2.05) is 6.92 Å². The zero-order valence-electron chi connectivity index (χ0n) is 9.65. The van der Waals surface area contributed by atoms with Crippen molar-refractivity contribution in [3.63, 3.8) is 0 Å². The van der Waals surface area contributed by atoms with Gasteiger partial charge < -0.3 is 4.74 Å². The smallest absolute Gasteiger partial charge is 0.277 e. The van der Waals surface area contributed by atoms with Crippen LogP contribution in [0.1, 0.15) is 19.8 Å². The summed E-state index contributed by atoms with van der Waals surface area (Å²) in [6.07, 6.45) is 3.51. The van der Waals surface area contributed by atoms with E-state index < -0.39 is 0 Å². The van der Waals surface area contributed by atoms with E-state index in [4.69, 9.17) is 16.3 Å². The molecule has 0 unspecified atom stereocenters. The molecule has 0 saturated heterocycles. The molecular weight excluding hydrogens is 240 g/mol. The van der Waals surface area contributed by atoms with Crippen molar-refractivity contribution in [2.75, 3.05) is 6.61 Å². The molecule has 0 atom stereocenters. The zero-order chi connectivity index (χ0) is 12.5. The quantitative estimate of drug-likeness (QED) is 0.627. The maximum Gasteiger partial charge on any atom is 0.277 e. The summed E-state index contributed by atoms with van der Waals surface area (Å²) < 4.78 is 5.24. The van der Waals surface area contributed by atoms with Gasteiger partial charge >= 0.3 is 0 Å². The fraction of sp³-hybridized carbons (Fsp3) is 0.333. The summed E-state index contributed by atoms with van der Waals surface area (Å²) in [4.78, 5) is 11.3. The molecule has 0 radical (unpaired) electrons. The lowest BCUT2D eigenvalue weighted by Gasteiger charge is -2.04. The number of amides is 1. The number of hydrogen-bond acceptors (Lipinski definition) is 3. The number of nitrogens with one attached hydrogen (secondary N) is 1. The van der Waals surface area contributed by atoms with Crippen LogP contribution in [-0.4, -0.2) is 18.7 Å². The molecule has 5 heteroatoms. The maximum atomic E-state index is 11.3. The number of carbonyl (C=O) groups is 1. The van der Waals surface area contributed by atoms with Gasteiger partial charge in [0.1, 0.15) is 5.75 Å². The second-order valence-electron chi connectivity index (χ2n) is 3.38. The number of halogens is 1. The Morgan fingerprint density at radius 1 is 1.47 bits per heavy atom. The Kier molecular flexibility index (Phi) is 6.10. The Balaban J connectivity index is 2.26. The summed E-state index contributed by atoms with van der Waals surface area (Å²) in [5.41, 5.74) is 2.38. The van der Waals surface area contributed by atoms with E-state index in [9.17, 15) is 4.79 Å². The van der Waals surface area contributed by atoms with E-state index in [0.717, 1.165) is 12.8 Å². The number of unbranched alkanes of at least 4 members (excludes halogenated alkanes) is 1. The molecule has 0 aromatic heterocycles. The third-order valence-electron chi connectivity index (χ3n) is 1.88. The molecule has 92 valence electrons. The first-order chi connectivity index (χ1) is 8.22. The van der Waals surface area contributed by atoms with Crippen molar-refractivity contribution in [2.45, 2.75) is 19.8 Å². The average Bonchev–Trinajstić information content (AvgIpc) is 2.34. The summed E-state index contributed by atoms with van der Waals surface area (Å²) >= 11 is 5.72. The topological polar surface area (TPSA) is 50.7 Å². The highest BCUT2D eigenvalue weighted by molar-refractivity contribution is 6.30. The average molecular weight is 255 g/mol. The number of hydrazone groups is 1. The third kappa shape index (κ3) is 5.92. The van der Waals surface area contributed by atoms with Crippen LogP contribution < -0.4 is 10.2 Å². The Morgan fingerprint density at radius 3 is 2.82 bits per heavy atom. The number of rotatable bonds is 6. The molecule has 17 heavy (non-hydrogen) atoms. The molecule has 0 bridgehead atoms. The summed E-state index contributed by atoms with van der Waals surface area (Å²) in [5.74, 6) is 0.314. The molecule has 0 fully saturated rings. The molecule has 1 rings (SSSR count). The van der Waals surface area contributed by atoms with Gasteiger partial charge in [0.25, 0.3) is 5.91 Å². The van der Waals surface area contributed by atoms with Gasteiger partial charge in [0.05, 0.1) is 0 Å². The van der Waals surface area contributed by atoms with Gasteiger partial charge in [-0.05, 0) is 30.7 Å². The molecule has 0 saturated carbocycles. The van der Waals surface area contributed by atoms with Gasteiger partial charge in [-0.3, -0.25) is 4.79 Å². The predicted molar refractivity (Wildman–Crippen MR) is 68.5 cm³/mol. The number of benzene rings is 1. The van der Waals surface area contributed by atoms with Crippen LogP contribution in [0.25, 0.3) is 0 Å². The third-order valence-corrected chi connectivity index (χ3v) is 2.13. The van der Waals surface area contributed by atoms with Crippen LogP contribution in [0, 0.1) is 0 Å². The van der Waals surface area contributed by atoms with E-state index in [-0.39, 0.29) is 12.5 Å². The van der Waals surface area contributed by atoms with Gasteiger partial charge in [0.2, 0.25) is 0 Å². The normalized spacial score (nSPS) is 10.5. The first kappa shape index (κ1) is 13.5. The number of carbonyl (C=O) groups excluding carboxylic acids is 1. The largest absolute Gasteiger partial charge is 0.484 e. The van der Waals surface area contributed by atoms with Crippen molar-refractivity contribution >= 4 is 23.7 Å². The highest BCUT2D eigenvalue weighted by Crippen LogP contribution is 2.15. The van der Waals surface area contributed by atoms with E-state index in [2.05, 4.69) is 10.5 Å². The van der Waals surface area contributed by atoms with E-state index in [1.54, 1.807) is 30.5 Å². The molecule has 1 aromatic rings. The van der Waals surface area contributed by atoms with Crippen LogP contribution in [0.2, 0.25) is 5.02 Å². The number of nitrogens with zero attached hydrogens (tertiary/aromatic N) is 1. The van der Waals surface area contributed by atoms with Crippen LogP contribution in [-0.2, 0) is 4.79 Å². The van der Waals surface area contributed by atoms with Crippen molar-refractivity contribution in [3.05, 3.63) is 29.3 Å².